The molecule has 1 atom stereocenters. The molecule has 1 saturated carbocycles. The van der Waals surface area contributed by atoms with Crippen LogP contribution in [-0.2, 0) is 16.1 Å². The number of carbonyl (C=O) groups is 2. The molecule has 0 radical (unpaired) electrons. The predicted octanol–water partition coefficient (Wildman–Crippen LogP) is 2.79. The Morgan fingerprint density at radius 1 is 1.37 bits per heavy atom. The molecule has 1 amide bonds. The third-order valence-electron chi connectivity index (χ3n) is 3.86. The minimum atomic E-state index is -0.430. The molecule has 2 aliphatic rings. The van der Waals surface area contributed by atoms with Crippen molar-refractivity contribution in [2.75, 3.05) is 0 Å². The quantitative estimate of drug-likeness (QED) is 0.847. The molecule has 2 aliphatic carbocycles. The van der Waals surface area contributed by atoms with Crippen LogP contribution in [0.1, 0.15) is 59.3 Å². The third-order valence-corrected chi connectivity index (χ3v) is 4.92. The van der Waals surface area contributed by atoms with Crippen molar-refractivity contribution in [2.24, 2.45) is 5.92 Å². The number of hydroxylamine groups is 1. The summed E-state index contributed by atoms with van der Waals surface area (Å²) in [5.41, 5.74) is 4.03. The molecule has 4 nitrogen and oxygen atoms in total. The van der Waals surface area contributed by atoms with Gasteiger partial charge in [0.2, 0.25) is 0 Å². The van der Waals surface area contributed by atoms with Gasteiger partial charge in [0, 0.05) is 16.2 Å². The Morgan fingerprint density at radius 3 is 2.89 bits per heavy atom. The fourth-order valence-corrected chi connectivity index (χ4v) is 3.78. The van der Waals surface area contributed by atoms with Crippen LogP contribution in [0.2, 0.25) is 0 Å². The molecule has 1 aromatic heterocycles. The highest BCUT2D eigenvalue weighted by atomic mass is 32.1. The van der Waals surface area contributed by atoms with Crippen LogP contribution in [-0.4, -0.2) is 11.9 Å². The van der Waals surface area contributed by atoms with E-state index in [0.717, 1.165) is 31.2 Å². The first-order chi connectivity index (χ1) is 9.16. The number of amides is 1. The van der Waals surface area contributed by atoms with E-state index in [0.29, 0.717) is 11.5 Å². The molecule has 0 bridgehead atoms. The second-order valence-electron chi connectivity index (χ2n) is 5.41. The molecule has 3 rings (SSSR count). The topological polar surface area (TPSA) is 55.4 Å². The summed E-state index contributed by atoms with van der Waals surface area (Å²) in [7, 11) is 0. The predicted molar refractivity (Wildman–Crippen MR) is 72.0 cm³/mol. The van der Waals surface area contributed by atoms with E-state index in [4.69, 9.17) is 4.84 Å². The maximum absolute atomic E-state index is 12.0. The average molecular weight is 279 g/mol. The number of hydrogen-bond donors (Lipinski definition) is 1. The van der Waals surface area contributed by atoms with Gasteiger partial charge in [-0.15, -0.1) is 11.3 Å². The van der Waals surface area contributed by atoms with Gasteiger partial charge in [0.1, 0.15) is 0 Å². The van der Waals surface area contributed by atoms with Crippen molar-refractivity contribution in [3.8, 4) is 0 Å². The number of nitrogens with one attached hydrogen (secondary N) is 1. The number of carbonyl (C=O) groups excluding carboxylic acids is 2. The van der Waals surface area contributed by atoms with Crippen LogP contribution >= 0.6 is 11.3 Å². The molecule has 19 heavy (non-hydrogen) atoms. The van der Waals surface area contributed by atoms with E-state index >= 15 is 0 Å². The van der Waals surface area contributed by atoms with Crippen LogP contribution in [0.15, 0.2) is 5.38 Å². The second-order valence-corrected chi connectivity index (χ2v) is 6.37. The first kappa shape index (κ1) is 12.7. The second kappa shape index (κ2) is 4.96. The van der Waals surface area contributed by atoms with Crippen LogP contribution in [0, 0.1) is 5.92 Å². The van der Waals surface area contributed by atoms with Gasteiger partial charge in [-0.3, -0.25) is 4.79 Å². The lowest BCUT2D eigenvalue weighted by atomic mass is 9.87. The molecule has 102 valence electrons. The van der Waals surface area contributed by atoms with Crippen LogP contribution in [0.3, 0.4) is 0 Å². The molecule has 1 unspecified atom stereocenters. The van der Waals surface area contributed by atoms with E-state index < -0.39 is 5.97 Å². The Hall–Kier alpha value is -1.36. The minimum absolute atomic E-state index is 0.0445. The largest absolute Gasteiger partial charge is 0.364 e. The lowest BCUT2D eigenvalue weighted by Gasteiger charge is -2.19. The number of rotatable bonds is 2. The van der Waals surface area contributed by atoms with E-state index in [1.165, 1.54) is 11.3 Å². The maximum atomic E-state index is 12.0. The standard InChI is InChI=1S/C14H17NO3S/c1-8-3-2-4-11-12(8)10(7-19-11)14(17)18-15-13(16)9-5-6-9/h7-9H,2-6H2,1H3,(H,15,16). The lowest BCUT2D eigenvalue weighted by molar-refractivity contribution is -0.131. The summed E-state index contributed by atoms with van der Waals surface area (Å²) in [6.45, 7) is 2.14. The van der Waals surface area contributed by atoms with Gasteiger partial charge in [0.15, 0.2) is 0 Å². The molecule has 0 saturated heterocycles. The van der Waals surface area contributed by atoms with Crippen molar-refractivity contribution in [1.82, 2.24) is 5.48 Å². The van der Waals surface area contributed by atoms with E-state index in [9.17, 15) is 9.59 Å². The zero-order valence-electron chi connectivity index (χ0n) is 10.9. The summed E-state index contributed by atoms with van der Waals surface area (Å²) in [6, 6.07) is 0. The van der Waals surface area contributed by atoms with Crippen LogP contribution in [0.25, 0.3) is 0 Å². The van der Waals surface area contributed by atoms with Crippen molar-refractivity contribution < 1.29 is 14.4 Å². The fraction of sp³-hybridized carbons (Fsp3) is 0.571. The smallest absolute Gasteiger partial charge is 0.335 e. The Bertz CT molecular complexity index is 519. The molecule has 5 heteroatoms. The molecule has 0 aliphatic heterocycles. The zero-order valence-corrected chi connectivity index (χ0v) is 11.7. The molecular formula is C14H17NO3S. The summed E-state index contributed by atoms with van der Waals surface area (Å²) in [6.07, 6.45) is 5.13. The minimum Gasteiger partial charge on any atom is -0.335 e. The van der Waals surface area contributed by atoms with Gasteiger partial charge < -0.3 is 4.84 Å². The number of aryl methyl sites for hydroxylation is 1. The van der Waals surface area contributed by atoms with Crippen LogP contribution in [0.5, 0.6) is 0 Å². The van der Waals surface area contributed by atoms with Crippen LogP contribution < -0.4 is 5.48 Å². The fourth-order valence-electron chi connectivity index (χ4n) is 2.59. The number of hydrogen-bond acceptors (Lipinski definition) is 4. The normalized spacial score (nSPS) is 21.6. The molecule has 1 aromatic rings. The Balaban J connectivity index is 1.69. The summed E-state index contributed by atoms with van der Waals surface area (Å²) in [5, 5.41) is 1.86. The summed E-state index contributed by atoms with van der Waals surface area (Å²) >= 11 is 1.62. The van der Waals surface area contributed by atoms with Crippen molar-refractivity contribution in [3.63, 3.8) is 0 Å². The molecule has 1 fully saturated rings. The van der Waals surface area contributed by atoms with Crippen molar-refractivity contribution >= 4 is 23.2 Å². The van der Waals surface area contributed by atoms with Gasteiger partial charge >= 0.3 is 5.97 Å². The molecular weight excluding hydrogens is 262 g/mol. The Morgan fingerprint density at radius 2 is 2.16 bits per heavy atom. The first-order valence-corrected chi connectivity index (χ1v) is 7.66. The van der Waals surface area contributed by atoms with E-state index in [1.54, 1.807) is 11.3 Å². The summed E-state index contributed by atoms with van der Waals surface area (Å²) < 4.78 is 0. The average Bonchev–Trinajstić information content (AvgIpc) is 3.15. The Kier molecular flexibility index (Phi) is 3.31. The highest BCUT2D eigenvalue weighted by Crippen LogP contribution is 2.38. The maximum Gasteiger partial charge on any atom is 0.364 e. The van der Waals surface area contributed by atoms with Gasteiger partial charge in [-0.1, -0.05) is 6.92 Å². The van der Waals surface area contributed by atoms with Gasteiger partial charge in [-0.2, -0.15) is 5.48 Å². The third kappa shape index (κ3) is 2.52. The van der Waals surface area contributed by atoms with E-state index in [1.807, 2.05) is 5.38 Å². The van der Waals surface area contributed by atoms with E-state index in [-0.39, 0.29) is 11.8 Å². The summed E-state index contributed by atoms with van der Waals surface area (Å²) in [5.74, 6) is -0.162. The van der Waals surface area contributed by atoms with Gasteiger partial charge in [0.05, 0.1) is 5.56 Å². The SMILES string of the molecule is CC1CCCc2scc(C(=O)ONC(=O)C3CC3)c21. The number of thiophene rings is 1. The molecule has 0 aromatic carbocycles. The molecule has 0 spiro atoms. The Labute approximate surface area is 116 Å². The van der Waals surface area contributed by atoms with Crippen molar-refractivity contribution in [3.05, 3.63) is 21.4 Å². The van der Waals surface area contributed by atoms with Crippen molar-refractivity contribution in [1.29, 1.82) is 0 Å². The highest BCUT2D eigenvalue weighted by Gasteiger charge is 2.31. The lowest BCUT2D eigenvalue weighted by Crippen LogP contribution is -2.28. The van der Waals surface area contributed by atoms with E-state index in [2.05, 4.69) is 12.4 Å². The summed E-state index contributed by atoms with van der Waals surface area (Å²) in [4.78, 5) is 29.7. The van der Waals surface area contributed by atoms with Gasteiger partial charge in [0.25, 0.3) is 5.91 Å². The van der Waals surface area contributed by atoms with Gasteiger partial charge in [-0.25, -0.2) is 4.79 Å². The monoisotopic (exact) mass is 279 g/mol. The van der Waals surface area contributed by atoms with Crippen molar-refractivity contribution in [2.45, 2.75) is 44.9 Å². The molecule has 1 heterocycles. The molecule has 1 N–H and O–H groups in total. The van der Waals surface area contributed by atoms with Crippen LogP contribution in [0.4, 0.5) is 0 Å². The zero-order chi connectivity index (χ0) is 13.4. The van der Waals surface area contributed by atoms with Gasteiger partial charge in [-0.05, 0) is 43.6 Å². The first-order valence-electron chi connectivity index (χ1n) is 6.78. The number of fused-ring (bicyclic) bond motifs is 1. The highest BCUT2D eigenvalue weighted by molar-refractivity contribution is 7.10.